The number of rotatable bonds is 9. The molecule has 0 aliphatic carbocycles. The predicted octanol–water partition coefficient (Wildman–Crippen LogP) is 4.01. The molecule has 0 fully saturated rings. The monoisotopic (exact) mass is 544 g/mol. The van der Waals surface area contributed by atoms with Gasteiger partial charge in [-0.15, -0.1) is 24.0 Å². The van der Waals surface area contributed by atoms with Gasteiger partial charge >= 0.3 is 0 Å². The van der Waals surface area contributed by atoms with E-state index in [-0.39, 0.29) is 29.9 Å². The quantitative estimate of drug-likeness (QED) is 0.253. The van der Waals surface area contributed by atoms with Crippen molar-refractivity contribution < 1.29 is 9.53 Å². The van der Waals surface area contributed by atoms with Crippen LogP contribution in [0.2, 0.25) is 5.02 Å². The second kappa shape index (κ2) is 14.1. The Hall–Kier alpha value is -2.00. The first kappa shape index (κ1) is 26.0. The summed E-state index contributed by atoms with van der Waals surface area (Å²) < 4.78 is 5.18. The number of guanidine groups is 1. The minimum atomic E-state index is -0.0697. The molecule has 0 radical (unpaired) electrons. The molecule has 0 saturated carbocycles. The van der Waals surface area contributed by atoms with Crippen LogP contribution in [0.25, 0.3) is 0 Å². The number of carbonyl (C=O) groups excluding carboxylic acids is 1. The number of hydrogen-bond acceptors (Lipinski definition) is 3. The van der Waals surface area contributed by atoms with Crippen molar-refractivity contribution in [3.05, 3.63) is 64.2 Å². The van der Waals surface area contributed by atoms with Crippen molar-refractivity contribution in [1.29, 1.82) is 0 Å². The Morgan fingerprint density at radius 1 is 1.07 bits per heavy atom. The van der Waals surface area contributed by atoms with Crippen LogP contribution in [0.5, 0.6) is 5.75 Å². The van der Waals surface area contributed by atoms with E-state index in [0.717, 1.165) is 35.8 Å². The van der Waals surface area contributed by atoms with Gasteiger partial charge in [0.25, 0.3) is 5.91 Å². The van der Waals surface area contributed by atoms with Gasteiger partial charge in [0, 0.05) is 30.2 Å². The Morgan fingerprint density at radius 2 is 1.83 bits per heavy atom. The largest absolute Gasteiger partial charge is 0.497 e. The van der Waals surface area contributed by atoms with Gasteiger partial charge in [0.2, 0.25) is 0 Å². The van der Waals surface area contributed by atoms with Gasteiger partial charge in [0.15, 0.2) is 5.96 Å². The molecule has 2 aromatic rings. The molecule has 2 rings (SSSR count). The van der Waals surface area contributed by atoms with Gasteiger partial charge < -0.3 is 20.7 Å². The molecule has 0 heterocycles. The number of ether oxygens (including phenoxy) is 1. The fourth-order valence-corrected chi connectivity index (χ4v) is 3.02. The Bertz CT molecular complexity index is 846. The zero-order valence-electron chi connectivity index (χ0n) is 17.6. The maximum absolute atomic E-state index is 12.0. The first-order valence-corrected chi connectivity index (χ1v) is 10.2. The van der Waals surface area contributed by atoms with Crippen LogP contribution >= 0.6 is 35.6 Å². The third-order valence-electron chi connectivity index (χ3n) is 4.24. The van der Waals surface area contributed by atoms with Crippen molar-refractivity contribution >= 4 is 47.4 Å². The highest BCUT2D eigenvalue weighted by molar-refractivity contribution is 14.0. The number of methoxy groups -OCH3 is 1. The number of halogens is 2. The van der Waals surface area contributed by atoms with Crippen molar-refractivity contribution in [3.8, 4) is 5.75 Å². The molecule has 2 aromatic carbocycles. The van der Waals surface area contributed by atoms with Gasteiger partial charge in [-0.3, -0.25) is 4.79 Å². The molecule has 0 spiro atoms. The molecule has 0 bridgehead atoms. The summed E-state index contributed by atoms with van der Waals surface area (Å²) in [6.07, 6.45) is 0.764. The molecule has 8 heteroatoms. The van der Waals surface area contributed by atoms with Gasteiger partial charge in [-0.2, -0.15) is 0 Å². The topological polar surface area (TPSA) is 74.8 Å². The van der Waals surface area contributed by atoms with Crippen LogP contribution in [0.3, 0.4) is 0 Å². The molecular weight excluding hydrogens is 515 g/mol. The lowest BCUT2D eigenvalue weighted by atomic mass is 10.1. The van der Waals surface area contributed by atoms with E-state index in [9.17, 15) is 4.79 Å². The lowest BCUT2D eigenvalue weighted by Crippen LogP contribution is -2.38. The number of benzene rings is 2. The molecule has 0 saturated heterocycles. The highest BCUT2D eigenvalue weighted by atomic mass is 127. The molecule has 1 amide bonds. The number of nitrogens with one attached hydrogen (secondary N) is 3. The van der Waals surface area contributed by atoms with Crippen molar-refractivity contribution in [3.63, 3.8) is 0 Å². The van der Waals surface area contributed by atoms with Crippen LogP contribution in [-0.4, -0.2) is 38.6 Å². The van der Waals surface area contributed by atoms with Crippen LogP contribution in [-0.2, 0) is 13.0 Å². The van der Waals surface area contributed by atoms with E-state index in [4.69, 9.17) is 16.3 Å². The fourth-order valence-electron chi connectivity index (χ4n) is 2.76. The van der Waals surface area contributed by atoms with Gasteiger partial charge in [-0.1, -0.05) is 29.8 Å². The van der Waals surface area contributed by atoms with Gasteiger partial charge in [-0.25, -0.2) is 4.99 Å². The molecule has 0 unspecified atom stereocenters. The smallest absolute Gasteiger partial charge is 0.251 e. The maximum atomic E-state index is 12.0. The summed E-state index contributed by atoms with van der Waals surface area (Å²) in [5.41, 5.74) is 2.67. The molecule has 0 aromatic heterocycles. The highest BCUT2D eigenvalue weighted by Gasteiger charge is 2.06. The van der Waals surface area contributed by atoms with Gasteiger partial charge in [-0.05, 0) is 55.7 Å². The number of aliphatic imine (C=N–C) groups is 1. The summed E-state index contributed by atoms with van der Waals surface area (Å²) in [5, 5.41) is 10.1. The van der Waals surface area contributed by atoms with Gasteiger partial charge in [0.1, 0.15) is 5.75 Å². The van der Waals surface area contributed by atoms with Crippen molar-refractivity contribution in [2.75, 3.05) is 26.7 Å². The molecule has 0 aliphatic rings. The standard InChI is InChI=1S/C22H29ClN4O2.HI/c1-4-24-21(28)18-8-6-7-16(13-18)15-27-22(25-5-2)26-12-11-17-9-10-19(29-3)14-20(17)23;/h6-10,13-14H,4-5,11-12,15H2,1-3H3,(H,24,28)(H2,25,26,27);1H. The van der Waals surface area contributed by atoms with Crippen LogP contribution in [0.1, 0.15) is 35.3 Å². The number of amides is 1. The van der Waals surface area contributed by atoms with E-state index in [1.807, 2.05) is 50.2 Å². The summed E-state index contributed by atoms with van der Waals surface area (Å²) in [5.74, 6) is 1.40. The summed E-state index contributed by atoms with van der Waals surface area (Å²) >= 11 is 6.30. The van der Waals surface area contributed by atoms with E-state index in [1.165, 1.54) is 0 Å². The summed E-state index contributed by atoms with van der Waals surface area (Å²) in [7, 11) is 1.62. The molecule has 30 heavy (non-hydrogen) atoms. The number of hydrogen-bond donors (Lipinski definition) is 3. The Labute approximate surface area is 200 Å². The maximum Gasteiger partial charge on any atom is 0.251 e. The molecular formula is C22H30ClIN4O2. The third-order valence-corrected chi connectivity index (χ3v) is 4.59. The van der Waals surface area contributed by atoms with E-state index >= 15 is 0 Å². The highest BCUT2D eigenvalue weighted by Crippen LogP contribution is 2.22. The summed E-state index contributed by atoms with van der Waals surface area (Å²) in [6.45, 7) is 6.46. The molecule has 164 valence electrons. The third kappa shape index (κ3) is 8.39. The molecule has 3 N–H and O–H groups in total. The number of nitrogens with zero attached hydrogens (tertiary/aromatic N) is 1. The van der Waals surface area contributed by atoms with E-state index in [1.54, 1.807) is 13.2 Å². The second-order valence-electron chi connectivity index (χ2n) is 6.39. The van der Waals surface area contributed by atoms with Crippen LogP contribution in [0.4, 0.5) is 0 Å². The van der Waals surface area contributed by atoms with Crippen molar-refractivity contribution in [2.24, 2.45) is 4.99 Å². The van der Waals surface area contributed by atoms with E-state index in [0.29, 0.717) is 30.2 Å². The van der Waals surface area contributed by atoms with Gasteiger partial charge in [0.05, 0.1) is 13.7 Å². The average Bonchev–Trinajstić information content (AvgIpc) is 2.73. The zero-order chi connectivity index (χ0) is 21.1. The Balaban J connectivity index is 0.00000450. The first-order valence-electron chi connectivity index (χ1n) is 9.79. The molecule has 6 nitrogen and oxygen atoms in total. The minimum Gasteiger partial charge on any atom is -0.497 e. The second-order valence-corrected chi connectivity index (χ2v) is 6.80. The van der Waals surface area contributed by atoms with E-state index in [2.05, 4.69) is 20.9 Å². The summed E-state index contributed by atoms with van der Waals surface area (Å²) in [6, 6.07) is 13.2. The van der Waals surface area contributed by atoms with Crippen LogP contribution in [0, 0.1) is 0 Å². The lowest BCUT2D eigenvalue weighted by Gasteiger charge is -2.12. The Morgan fingerprint density at radius 3 is 2.50 bits per heavy atom. The number of carbonyl (C=O) groups is 1. The normalized spacial score (nSPS) is 10.7. The average molecular weight is 545 g/mol. The fraction of sp³-hybridized carbons (Fsp3) is 0.364. The zero-order valence-corrected chi connectivity index (χ0v) is 20.7. The SMILES string of the molecule is CCNC(=O)c1cccc(CN=C(NCC)NCCc2ccc(OC)cc2Cl)c1.I. The minimum absolute atomic E-state index is 0. The van der Waals surface area contributed by atoms with Crippen molar-refractivity contribution in [1.82, 2.24) is 16.0 Å². The van der Waals surface area contributed by atoms with Crippen LogP contribution < -0.4 is 20.7 Å². The first-order chi connectivity index (χ1) is 14.1. The lowest BCUT2D eigenvalue weighted by molar-refractivity contribution is 0.0955. The molecule has 0 aliphatic heterocycles. The Kier molecular flexibility index (Phi) is 12.2. The predicted molar refractivity (Wildman–Crippen MR) is 134 cm³/mol. The van der Waals surface area contributed by atoms with Crippen molar-refractivity contribution in [2.45, 2.75) is 26.8 Å². The van der Waals surface area contributed by atoms with Crippen LogP contribution in [0.15, 0.2) is 47.5 Å². The van der Waals surface area contributed by atoms with E-state index < -0.39 is 0 Å². The molecule has 0 atom stereocenters. The summed E-state index contributed by atoms with van der Waals surface area (Å²) in [4.78, 5) is 16.6.